The predicted molar refractivity (Wildman–Crippen MR) is 113 cm³/mol. The van der Waals surface area contributed by atoms with E-state index in [1.807, 2.05) is 0 Å². The first-order valence-corrected chi connectivity index (χ1v) is 10.5. The van der Waals surface area contributed by atoms with Crippen LogP contribution in [0, 0.1) is 0 Å². The maximum Gasteiger partial charge on any atom is 0.323 e. The number of anilines is 1. The Morgan fingerprint density at radius 1 is 1.06 bits per heavy atom. The van der Waals surface area contributed by atoms with Crippen molar-refractivity contribution in [1.82, 2.24) is 15.1 Å². The van der Waals surface area contributed by atoms with Crippen LogP contribution in [0.5, 0.6) is 0 Å². The summed E-state index contributed by atoms with van der Waals surface area (Å²) in [6, 6.07) is 5.83. The van der Waals surface area contributed by atoms with E-state index in [-0.39, 0.29) is 16.7 Å². The average molecular weight is 440 g/mol. The summed E-state index contributed by atoms with van der Waals surface area (Å²) < 4.78 is 0. The molecule has 2 aliphatic rings. The van der Waals surface area contributed by atoms with Gasteiger partial charge >= 0.3 is 6.03 Å². The monoisotopic (exact) mass is 440 g/mol. The Morgan fingerprint density at radius 3 is 2.32 bits per heavy atom. The molecular formula is C21H20N4O5S. The highest BCUT2D eigenvalue weighted by atomic mass is 32.1. The molecule has 4 rings (SSSR count). The first-order chi connectivity index (χ1) is 14.8. The van der Waals surface area contributed by atoms with Gasteiger partial charge in [-0.15, -0.1) is 11.3 Å². The van der Waals surface area contributed by atoms with E-state index in [2.05, 4.69) is 10.6 Å². The summed E-state index contributed by atoms with van der Waals surface area (Å²) in [5.74, 6) is -2.24. The fourth-order valence-electron chi connectivity index (χ4n) is 3.70. The second-order valence-corrected chi connectivity index (χ2v) is 8.61. The highest BCUT2D eigenvalue weighted by Gasteiger charge is 2.37. The third-order valence-corrected chi connectivity index (χ3v) is 6.42. The van der Waals surface area contributed by atoms with Crippen LogP contribution in [0.3, 0.4) is 0 Å². The zero-order valence-corrected chi connectivity index (χ0v) is 17.8. The van der Waals surface area contributed by atoms with Gasteiger partial charge in [0.2, 0.25) is 5.91 Å². The molecule has 0 radical (unpaired) electrons. The second-order valence-electron chi connectivity index (χ2n) is 7.51. The molecule has 0 fully saturated rings. The molecule has 1 aromatic heterocycles. The van der Waals surface area contributed by atoms with Crippen molar-refractivity contribution in [2.75, 3.05) is 26.0 Å². The first-order valence-electron chi connectivity index (χ1n) is 9.70. The summed E-state index contributed by atoms with van der Waals surface area (Å²) in [5.41, 5.74) is 1.61. The summed E-state index contributed by atoms with van der Waals surface area (Å²) in [4.78, 5) is 65.5. The highest BCUT2D eigenvalue weighted by molar-refractivity contribution is 7.17. The van der Waals surface area contributed by atoms with E-state index in [9.17, 15) is 24.0 Å². The second kappa shape index (κ2) is 7.95. The van der Waals surface area contributed by atoms with E-state index >= 15 is 0 Å². The molecule has 0 atom stereocenters. The fraction of sp³-hybridized carbons (Fsp3) is 0.286. The Bertz CT molecular complexity index is 1100. The smallest absolute Gasteiger partial charge is 0.323 e. The summed E-state index contributed by atoms with van der Waals surface area (Å²) in [6.07, 6.45) is 2.36. The Balaban J connectivity index is 1.53. The van der Waals surface area contributed by atoms with E-state index in [1.165, 1.54) is 30.3 Å². The molecule has 1 aromatic carbocycles. The van der Waals surface area contributed by atoms with E-state index < -0.39 is 36.2 Å². The zero-order valence-electron chi connectivity index (χ0n) is 17.0. The number of carbonyl (C=O) groups is 5. The van der Waals surface area contributed by atoms with Crippen LogP contribution in [0.15, 0.2) is 24.3 Å². The lowest BCUT2D eigenvalue weighted by atomic mass is 10.1. The number of thiophene rings is 1. The molecule has 1 aliphatic carbocycles. The minimum absolute atomic E-state index is 0.262. The van der Waals surface area contributed by atoms with Gasteiger partial charge in [-0.1, -0.05) is 12.1 Å². The number of hydrogen-bond acceptors (Lipinski definition) is 6. The number of imide groups is 2. The molecule has 0 saturated heterocycles. The number of carbonyl (C=O) groups excluding carboxylic acids is 5. The van der Waals surface area contributed by atoms with Crippen molar-refractivity contribution in [3.8, 4) is 0 Å². The summed E-state index contributed by atoms with van der Waals surface area (Å²) in [6.45, 7) is -0.466. The third-order valence-electron chi connectivity index (χ3n) is 5.21. The predicted octanol–water partition coefficient (Wildman–Crippen LogP) is 1.88. The molecule has 0 unspecified atom stereocenters. The van der Waals surface area contributed by atoms with Crippen LogP contribution in [0.4, 0.5) is 9.80 Å². The van der Waals surface area contributed by atoms with E-state index in [0.29, 0.717) is 11.4 Å². The SMILES string of the molecule is CN(C)C(=O)NC(=O)c1c(NC(=O)CN2C(=O)c3ccccc3C2=O)sc2c1CCC2. The van der Waals surface area contributed by atoms with Gasteiger partial charge in [0.15, 0.2) is 0 Å². The first kappa shape index (κ1) is 20.7. The molecule has 0 bridgehead atoms. The van der Waals surface area contributed by atoms with Crippen LogP contribution in [0.1, 0.15) is 47.9 Å². The number of fused-ring (bicyclic) bond motifs is 2. The summed E-state index contributed by atoms with van der Waals surface area (Å²) >= 11 is 1.28. The molecule has 10 heteroatoms. The molecule has 160 valence electrons. The van der Waals surface area contributed by atoms with Crippen molar-refractivity contribution in [2.24, 2.45) is 0 Å². The number of rotatable bonds is 4. The lowest BCUT2D eigenvalue weighted by Gasteiger charge is -2.15. The molecule has 2 heterocycles. The largest absolute Gasteiger partial charge is 0.331 e. The van der Waals surface area contributed by atoms with E-state index in [0.717, 1.165) is 28.2 Å². The number of aryl methyl sites for hydroxylation is 1. The van der Waals surface area contributed by atoms with E-state index in [1.54, 1.807) is 24.3 Å². The van der Waals surface area contributed by atoms with Gasteiger partial charge in [0.25, 0.3) is 17.7 Å². The van der Waals surface area contributed by atoms with Crippen LogP contribution in [-0.4, -0.2) is 60.1 Å². The number of hydrogen-bond donors (Lipinski definition) is 2. The average Bonchev–Trinajstić information content (AvgIpc) is 3.37. The van der Waals surface area contributed by atoms with Gasteiger partial charge in [-0.25, -0.2) is 4.79 Å². The van der Waals surface area contributed by atoms with Crippen molar-refractivity contribution in [1.29, 1.82) is 0 Å². The van der Waals surface area contributed by atoms with Crippen LogP contribution in [0.25, 0.3) is 0 Å². The Labute approximate surface area is 182 Å². The Kier molecular flexibility index (Phi) is 5.32. The van der Waals surface area contributed by atoms with Crippen molar-refractivity contribution in [3.63, 3.8) is 0 Å². The van der Waals surface area contributed by atoms with Crippen molar-refractivity contribution >= 4 is 46.0 Å². The van der Waals surface area contributed by atoms with Crippen LogP contribution in [-0.2, 0) is 17.6 Å². The number of benzene rings is 1. The molecular weight excluding hydrogens is 420 g/mol. The van der Waals surface area contributed by atoms with Crippen molar-refractivity contribution < 1.29 is 24.0 Å². The zero-order chi connectivity index (χ0) is 22.3. The topological polar surface area (TPSA) is 116 Å². The van der Waals surface area contributed by atoms with Crippen LogP contribution < -0.4 is 10.6 Å². The highest BCUT2D eigenvalue weighted by Crippen LogP contribution is 2.39. The fourth-order valence-corrected chi connectivity index (χ4v) is 5.00. The molecule has 0 spiro atoms. The van der Waals surface area contributed by atoms with Crippen molar-refractivity contribution in [3.05, 3.63) is 51.4 Å². The standard InChI is InChI=1S/C21H20N4O5S/c1-24(2)21(30)23-17(27)16-13-8-5-9-14(13)31-18(16)22-15(26)10-25-19(28)11-6-3-4-7-12(11)20(25)29/h3-4,6-7H,5,8-10H2,1-2H3,(H,22,26)(H,23,27,30). The van der Waals surface area contributed by atoms with Gasteiger partial charge in [0.1, 0.15) is 11.5 Å². The minimum Gasteiger partial charge on any atom is -0.331 e. The van der Waals surface area contributed by atoms with Gasteiger partial charge in [0, 0.05) is 19.0 Å². The number of nitrogens with one attached hydrogen (secondary N) is 2. The van der Waals surface area contributed by atoms with Gasteiger partial charge < -0.3 is 10.2 Å². The normalized spacial score (nSPS) is 14.3. The molecule has 2 aromatic rings. The number of amides is 6. The van der Waals surface area contributed by atoms with Gasteiger partial charge in [0.05, 0.1) is 16.7 Å². The molecule has 1 aliphatic heterocycles. The van der Waals surface area contributed by atoms with Crippen LogP contribution >= 0.6 is 11.3 Å². The lowest BCUT2D eigenvalue weighted by Crippen LogP contribution is -2.39. The molecule has 0 saturated carbocycles. The van der Waals surface area contributed by atoms with Gasteiger partial charge in [-0.2, -0.15) is 0 Å². The maximum atomic E-state index is 12.8. The summed E-state index contributed by atoms with van der Waals surface area (Å²) in [5, 5.41) is 5.29. The van der Waals surface area contributed by atoms with E-state index in [4.69, 9.17) is 0 Å². The molecule has 6 amide bonds. The quantitative estimate of drug-likeness (QED) is 0.705. The molecule has 2 N–H and O–H groups in total. The third kappa shape index (κ3) is 3.70. The minimum atomic E-state index is -0.595. The van der Waals surface area contributed by atoms with Crippen LogP contribution in [0.2, 0.25) is 0 Å². The molecule has 31 heavy (non-hydrogen) atoms. The van der Waals surface area contributed by atoms with Gasteiger partial charge in [-0.3, -0.25) is 29.4 Å². The Morgan fingerprint density at radius 2 is 1.71 bits per heavy atom. The van der Waals surface area contributed by atoms with Crippen molar-refractivity contribution in [2.45, 2.75) is 19.3 Å². The number of urea groups is 1. The lowest BCUT2D eigenvalue weighted by molar-refractivity contribution is -0.116. The Hall–Kier alpha value is -3.53. The maximum absolute atomic E-state index is 12.8. The molecule has 9 nitrogen and oxygen atoms in total. The number of nitrogens with zero attached hydrogens (tertiary/aromatic N) is 2. The van der Waals surface area contributed by atoms with Gasteiger partial charge in [-0.05, 0) is 37.0 Å². The summed E-state index contributed by atoms with van der Waals surface area (Å²) in [7, 11) is 3.04.